The van der Waals surface area contributed by atoms with E-state index in [1.54, 1.807) is 12.3 Å². The van der Waals surface area contributed by atoms with Crippen LogP contribution in [0.3, 0.4) is 0 Å². The summed E-state index contributed by atoms with van der Waals surface area (Å²) in [5, 5.41) is 7.37. The Labute approximate surface area is 233 Å². The smallest absolute Gasteiger partial charge is 0.282 e. The Bertz CT molecular complexity index is 1740. The Morgan fingerprint density at radius 3 is 2.59 bits per heavy atom. The van der Waals surface area contributed by atoms with Crippen molar-refractivity contribution in [3.05, 3.63) is 108 Å². The van der Waals surface area contributed by atoms with Gasteiger partial charge in [-0.15, -0.1) is 0 Å². The van der Waals surface area contributed by atoms with E-state index in [1.165, 1.54) is 4.68 Å². The SMILES string of the molecule is CC[C@H](C)c1nc2ccc(Br)cc2c(=O)n1N=Cc1c(C)n(Cc2ccc(Cl)c(Cl)c2)c2ccccc12. The zero-order valence-corrected chi connectivity index (χ0v) is 23.8. The first kappa shape index (κ1) is 25.7. The number of halogens is 3. The number of para-hydroxylation sites is 1. The number of aromatic nitrogens is 3. The van der Waals surface area contributed by atoms with Crippen LogP contribution in [-0.4, -0.2) is 20.4 Å². The fourth-order valence-corrected chi connectivity index (χ4v) is 5.22. The summed E-state index contributed by atoms with van der Waals surface area (Å²) in [7, 11) is 0. The highest BCUT2D eigenvalue weighted by Gasteiger charge is 2.17. The van der Waals surface area contributed by atoms with Gasteiger partial charge in [-0.05, 0) is 55.3 Å². The highest BCUT2D eigenvalue weighted by atomic mass is 79.9. The molecule has 37 heavy (non-hydrogen) atoms. The Morgan fingerprint density at radius 2 is 1.84 bits per heavy atom. The molecule has 188 valence electrons. The minimum absolute atomic E-state index is 0.0648. The predicted octanol–water partition coefficient (Wildman–Crippen LogP) is 8.17. The lowest BCUT2D eigenvalue weighted by molar-refractivity contribution is 0.613. The minimum atomic E-state index is -0.185. The average Bonchev–Trinajstić information content (AvgIpc) is 3.16. The molecule has 0 fully saturated rings. The summed E-state index contributed by atoms with van der Waals surface area (Å²) in [4.78, 5) is 18.4. The van der Waals surface area contributed by atoms with E-state index in [2.05, 4.69) is 53.4 Å². The normalized spacial score (nSPS) is 12.7. The molecule has 0 aliphatic carbocycles. The Balaban J connectivity index is 1.66. The first-order valence-corrected chi connectivity index (χ1v) is 13.6. The van der Waals surface area contributed by atoms with Crippen LogP contribution in [0.25, 0.3) is 21.8 Å². The van der Waals surface area contributed by atoms with E-state index < -0.39 is 0 Å². The van der Waals surface area contributed by atoms with Gasteiger partial charge in [0.1, 0.15) is 5.82 Å². The maximum absolute atomic E-state index is 13.6. The van der Waals surface area contributed by atoms with Gasteiger partial charge in [-0.25, -0.2) is 4.98 Å². The summed E-state index contributed by atoms with van der Waals surface area (Å²) in [5.74, 6) is 0.714. The lowest BCUT2D eigenvalue weighted by Gasteiger charge is -2.14. The van der Waals surface area contributed by atoms with Gasteiger partial charge in [0.05, 0.1) is 27.2 Å². The van der Waals surface area contributed by atoms with E-state index >= 15 is 0 Å². The van der Waals surface area contributed by atoms with Crippen molar-refractivity contribution in [2.75, 3.05) is 0 Å². The maximum atomic E-state index is 13.6. The van der Waals surface area contributed by atoms with Crippen LogP contribution in [0.5, 0.6) is 0 Å². The number of rotatable bonds is 6. The number of nitrogens with zero attached hydrogens (tertiary/aromatic N) is 4. The molecule has 0 unspecified atom stereocenters. The molecule has 0 bridgehead atoms. The van der Waals surface area contributed by atoms with Crippen molar-refractivity contribution in [3.63, 3.8) is 0 Å². The molecule has 0 saturated carbocycles. The van der Waals surface area contributed by atoms with E-state index in [0.29, 0.717) is 33.3 Å². The third kappa shape index (κ3) is 4.86. The van der Waals surface area contributed by atoms with Crippen molar-refractivity contribution in [3.8, 4) is 0 Å². The molecular formula is C29H25BrCl2N4O. The van der Waals surface area contributed by atoms with Crippen LogP contribution in [0.1, 0.15) is 48.8 Å². The van der Waals surface area contributed by atoms with Crippen molar-refractivity contribution in [2.24, 2.45) is 5.10 Å². The number of hydrogen-bond donors (Lipinski definition) is 0. The van der Waals surface area contributed by atoms with Crippen LogP contribution in [0.15, 0.2) is 75.0 Å². The second kappa shape index (κ2) is 10.4. The minimum Gasteiger partial charge on any atom is -0.340 e. The van der Waals surface area contributed by atoms with Gasteiger partial charge in [0.25, 0.3) is 5.56 Å². The third-order valence-electron chi connectivity index (χ3n) is 6.79. The number of benzene rings is 3. The van der Waals surface area contributed by atoms with Gasteiger partial charge in [0, 0.05) is 39.1 Å². The van der Waals surface area contributed by atoms with Gasteiger partial charge in [-0.2, -0.15) is 9.78 Å². The molecule has 0 N–H and O–H groups in total. The molecule has 2 aromatic heterocycles. The third-order valence-corrected chi connectivity index (χ3v) is 8.03. The van der Waals surface area contributed by atoms with E-state index in [4.69, 9.17) is 33.3 Å². The fourth-order valence-electron chi connectivity index (χ4n) is 4.54. The van der Waals surface area contributed by atoms with Crippen molar-refractivity contribution in [1.82, 2.24) is 14.2 Å². The quantitative estimate of drug-likeness (QED) is 0.186. The molecule has 2 heterocycles. The van der Waals surface area contributed by atoms with E-state index in [-0.39, 0.29) is 11.5 Å². The standard InChI is InChI=1S/C29H25BrCl2N4O/c1-4-17(2)28-34-26-12-10-20(30)14-22(26)29(37)36(28)33-15-23-18(3)35(27-8-6-5-7-21(23)27)16-19-9-11-24(31)25(32)13-19/h5-15,17H,4,16H2,1-3H3/t17-/m0/s1. The lowest BCUT2D eigenvalue weighted by Crippen LogP contribution is -2.23. The molecule has 5 rings (SSSR count). The first-order valence-electron chi connectivity index (χ1n) is 12.1. The molecule has 0 radical (unpaired) electrons. The average molecular weight is 596 g/mol. The predicted molar refractivity (Wildman–Crippen MR) is 158 cm³/mol. The van der Waals surface area contributed by atoms with E-state index in [0.717, 1.165) is 38.6 Å². The van der Waals surface area contributed by atoms with E-state index in [1.807, 2.05) is 42.5 Å². The van der Waals surface area contributed by atoms with Gasteiger partial charge in [-0.1, -0.05) is 77.2 Å². The van der Waals surface area contributed by atoms with Crippen molar-refractivity contribution >= 4 is 67.2 Å². The molecule has 8 heteroatoms. The Hall–Kier alpha value is -2.93. The molecule has 1 atom stereocenters. The topological polar surface area (TPSA) is 52.2 Å². The van der Waals surface area contributed by atoms with Gasteiger partial charge < -0.3 is 4.57 Å². The summed E-state index contributed by atoms with van der Waals surface area (Å²) in [5.41, 5.74) is 4.58. The maximum Gasteiger partial charge on any atom is 0.282 e. The van der Waals surface area contributed by atoms with Crippen molar-refractivity contribution in [2.45, 2.75) is 39.7 Å². The van der Waals surface area contributed by atoms with E-state index in [9.17, 15) is 4.79 Å². The monoisotopic (exact) mass is 594 g/mol. The summed E-state index contributed by atoms with van der Waals surface area (Å²) in [6.45, 7) is 6.83. The van der Waals surface area contributed by atoms with Crippen LogP contribution in [-0.2, 0) is 6.54 Å². The van der Waals surface area contributed by atoms with Crippen LogP contribution in [0, 0.1) is 6.92 Å². The number of fused-ring (bicyclic) bond motifs is 2. The summed E-state index contributed by atoms with van der Waals surface area (Å²) >= 11 is 15.9. The Morgan fingerprint density at radius 1 is 1.05 bits per heavy atom. The number of hydrogen-bond acceptors (Lipinski definition) is 3. The van der Waals surface area contributed by atoms with Gasteiger partial charge in [0.2, 0.25) is 0 Å². The van der Waals surface area contributed by atoms with Gasteiger partial charge in [-0.3, -0.25) is 4.79 Å². The zero-order chi connectivity index (χ0) is 26.3. The largest absolute Gasteiger partial charge is 0.340 e. The van der Waals surface area contributed by atoms with Crippen LogP contribution in [0.4, 0.5) is 0 Å². The van der Waals surface area contributed by atoms with Crippen LogP contribution < -0.4 is 5.56 Å². The lowest BCUT2D eigenvalue weighted by atomic mass is 10.1. The molecule has 0 saturated heterocycles. The molecule has 5 aromatic rings. The molecule has 0 amide bonds. The highest BCUT2D eigenvalue weighted by molar-refractivity contribution is 9.10. The fraction of sp³-hybridized carbons (Fsp3) is 0.207. The highest BCUT2D eigenvalue weighted by Crippen LogP contribution is 2.28. The molecule has 5 nitrogen and oxygen atoms in total. The summed E-state index contributed by atoms with van der Waals surface area (Å²) < 4.78 is 4.50. The molecule has 3 aromatic carbocycles. The molecule has 0 aliphatic rings. The van der Waals surface area contributed by atoms with Gasteiger partial charge >= 0.3 is 0 Å². The summed E-state index contributed by atoms with van der Waals surface area (Å²) in [6, 6.07) is 19.4. The second-order valence-corrected chi connectivity index (χ2v) is 10.9. The molecule has 0 aliphatic heterocycles. The first-order chi connectivity index (χ1) is 17.8. The second-order valence-electron chi connectivity index (χ2n) is 9.15. The van der Waals surface area contributed by atoms with Crippen molar-refractivity contribution < 1.29 is 0 Å². The molecule has 0 spiro atoms. The Kier molecular flexibility index (Phi) is 7.26. The van der Waals surface area contributed by atoms with Gasteiger partial charge in [0.15, 0.2) is 0 Å². The van der Waals surface area contributed by atoms with Crippen LogP contribution in [0.2, 0.25) is 10.0 Å². The summed E-state index contributed by atoms with van der Waals surface area (Å²) in [6.07, 6.45) is 2.62. The zero-order valence-electron chi connectivity index (χ0n) is 20.7. The van der Waals surface area contributed by atoms with Crippen molar-refractivity contribution in [1.29, 1.82) is 0 Å². The molecular weight excluding hydrogens is 571 g/mol. The van der Waals surface area contributed by atoms with Crippen LogP contribution >= 0.6 is 39.1 Å².